The number of hydrogen-bond donors (Lipinski definition) is 2. The molecule has 0 aromatic rings. The molecule has 2 atom stereocenters. The molecule has 0 amide bonds. The predicted octanol–water partition coefficient (Wildman–Crippen LogP) is 0.461. The van der Waals surface area contributed by atoms with Crippen LogP contribution in [-0.4, -0.2) is 61.2 Å². The van der Waals surface area contributed by atoms with Crippen LogP contribution in [0.25, 0.3) is 0 Å². The first kappa shape index (κ1) is 15.7. The first-order chi connectivity index (χ1) is 7.33. The van der Waals surface area contributed by atoms with Crippen molar-refractivity contribution in [1.29, 1.82) is 0 Å². The predicted molar refractivity (Wildman–Crippen MR) is 54.8 cm³/mol. The summed E-state index contributed by atoms with van der Waals surface area (Å²) in [4.78, 5) is 0. The minimum absolute atomic E-state index is 0.133. The molecule has 2 N–H and O–H groups in total. The van der Waals surface area contributed by atoms with Crippen LogP contribution in [-0.2, 0) is 9.47 Å². The third-order valence-corrected chi connectivity index (χ3v) is 1.77. The maximum atomic E-state index is 12.1. The van der Waals surface area contributed by atoms with Gasteiger partial charge in [-0.3, -0.25) is 0 Å². The Bertz CT molecular complexity index is 166. The van der Waals surface area contributed by atoms with Crippen molar-refractivity contribution in [3.05, 3.63) is 0 Å². The molecule has 0 radical (unpaired) electrons. The lowest BCUT2D eigenvalue weighted by molar-refractivity contribution is -0.0801. The van der Waals surface area contributed by atoms with Gasteiger partial charge >= 0.3 is 0 Å². The van der Waals surface area contributed by atoms with Crippen molar-refractivity contribution in [1.82, 2.24) is 0 Å². The van der Waals surface area contributed by atoms with Gasteiger partial charge in [0.15, 0.2) is 0 Å². The normalized spacial score (nSPS) is 19.1. The first-order valence-electron chi connectivity index (χ1n) is 5.05. The SMILES string of the molecule is CC(O)(CF)COCCOCC(C)(O)CF. The molecule has 6 heteroatoms. The Morgan fingerprint density at radius 1 is 0.875 bits per heavy atom. The highest BCUT2D eigenvalue weighted by Gasteiger charge is 2.21. The Balaban J connectivity index is 3.42. The monoisotopic (exact) mass is 242 g/mol. The van der Waals surface area contributed by atoms with Gasteiger partial charge in [-0.2, -0.15) is 0 Å². The Morgan fingerprint density at radius 3 is 1.44 bits per heavy atom. The average Bonchev–Trinajstić information content (AvgIpc) is 2.23. The molecule has 0 saturated heterocycles. The van der Waals surface area contributed by atoms with E-state index < -0.39 is 24.6 Å². The highest BCUT2D eigenvalue weighted by atomic mass is 19.1. The summed E-state index contributed by atoms with van der Waals surface area (Å²) in [6.07, 6.45) is 0. The van der Waals surface area contributed by atoms with Gasteiger partial charge < -0.3 is 19.7 Å². The lowest BCUT2D eigenvalue weighted by Crippen LogP contribution is -2.35. The van der Waals surface area contributed by atoms with E-state index in [1.54, 1.807) is 0 Å². The number of alkyl halides is 2. The van der Waals surface area contributed by atoms with Crippen molar-refractivity contribution in [3.63, 3.8) is 0 Å². The molecule has 0 fully saturated rings. The van der Waals surface area contributed by atoms with Gasteiger partial charge in [0.05, 0.1) is 26.4 Å². The van der Waals surface area contributed by atoms with Gasteiger partial charge in [0.1, 0.15) is 24.6 Å². The third-order valence-electron chi connectivity index (χ3n) is 1.77. The van der Waals surface area contributed by atoms with Gasteiger partial charge in [-0.15, -0.1) is 0 Å². The summed E-state index contributed by atoms with van der Waals surface area (Å²) in [5, 5.41) is 18.4. The molecule has 4 nitrogen and oxygen atoms in total. The van der Waals surface area contributed by atoms with E-state index in [0.717, 1.165) is 0 Å². The quantitative estimate of drug-likeness (QED) is 0.577. The van der Waals surface area contributed by atoms with Gasteiger partial charge in [-0.25, -0.2) is 8.78 Å². The summed E-state index contributed by atoms with van der Waals surface area (Å²) in [7, 11) is 0. The summed E-state index contributed by atoms with van der Waals surface area (Å²) >= 11 is 0. The highest BCUT2D eigenvalue weighted by Crippen LogP contribution is 2.05. The van der Waals surface area contributed by atoms with Crippen LogP contribution >= 0.6 is 0 Å². The molecule has 0 aliphatic heterocycles. The summed E-state index contributed by atoms with van der Waals surface area (Å²) in [5.74, 6) is 0. The zero-order valence-corrected chi connectivity index (χ0v) is 9.71. The molecule has 2 unspecified atom stereocenters. The number of hydrogen-bond acceptors (Lipinski definition) is 4. The molecule has 0 bridgehead atoms. The molecule has 0 aromatic carbocycles. The van der Waals surface area contributed by atoms with Gasteiger partial charge in [0.25, 0.3) is 0 Å². The molecular formula is C10H20F2O4. The number of aliphatic hydroxyl groups is 2. The fourth-order valence-corrected chi connectivity index (χ4v) is 0.779. The molecule has 0 spiro atoms. The maximum Gasteiger partial charge on any atom is 0.120 e. The second-order valence-corrected chi connectivity index (χ2v) is 4.37. The number of halogens is 2. The maximum absolute atomic E-state index is 12.1. The molecule has 98 valence electrons. The smallest absolute Gasteiger partial charge is 0.120 e. The molecule has 0 aromatic heterocycles. The highest BCUT2D eigenvalue weighted by molar-refractivity contribution is 4.70. The van der Waals surface area contributed by atoms with Crippen molar-refractivity contribution >= 4 is 0 Å². The lowest BCUT2D eigenvalue weighted by atomic mass is 10.1. The average molecular weight is 242 g/mol. The van der Waals surface area contributed by atoms with Crippen LogP contribution in [0.2, 0.25) is 0 Å². The lowest BCUT2D eigenvalue weighted by Gasteiger charge is -2.20. The molecule has 0 heterocycles. The van der Waals surface area contributed by atoms with Gasteiger partial charge in [0.2, 0.25) is 0 Å². The van der Waals surface area contributed by atoms with Crippen LogP contribution in [0.1, 0.15) is 13.8 Å². The fraction of sp³-hybridized carbons (Fsp3) is 1.00. The minimum atomic E-state index is -1.48. The zero-order valence-electron chi connectivity index (χ0n) is 9.71. The van der Waals surface area contributed by atoms with E-state index in [4.69, 9.17) is 9.47 Å². The van der Waals surface area contributed by atoms with Crippen LogP contribution in [0.5, 0.6) is 0 Å². The van der Waals surface area contributed by atoms with Crippen LogP contribution in [0.15, 0.2) is 0 Å². The van der Waals surface area contributed by atoms with Crippen molar-refractivity contribution in [2.45, 2.75) is 25.0 Å². The molecular weight excluding hydrogens is 222 g/mol. The molecule has 16 heavy (non-hydrogen) atoms. The Morgan fingerprint density at radius 2 is 1.19 bits per heavy atom. The second-order valence-electron chi connectivity index (χ2n) is 4.37. The van der Waals surface area contributed by atoms with E-state index in [0.29, 0.717) is 0 Å². The van der Waals surface area contributed by atoms with Crippen molar-refractivity contribution < 1.29 is 28.5 Å². The van der Waals surface area contributed by atoms with Crippen LogP contribution in [0, 0.1) is 0 Å². The molecule has 0 aliphatic rings. The van der Waals surface area contributed by atoms with Gasteiger partial charge in [0, 0.05) is 0 Å². The fourth-order valence-electron chi connectivity index (χ4n) is 0.779. The second kappa shape index (κ2) is 7.11. The molecule has 0 aliphatic carbocycles. The van der Waals surface area contributed by atoms with Crippen LogP contribution in [0.3, 0.4) is 0 Å². The van der Waals surface area contributed by atoms with Gasteiger partial charge in [-0.1, -0.05) is 0 Å². The summed E-state index contributed by atoms with van der Waals surface area (Å²) in [6, 6.07) is 0. The summed E-state index contributed by atoms with van der Waals surface area (Å²) in [5.41, 5.74) is -2.96. The van der Waals surface area contributed by atoms with Crippen molar-refractivity contribution in [3.8, 4) is 0 Å². The van der Waals surface area contributed by atoms with E-state index >= 15 is 0 Å². The number of ether oxygens (including phenoxy) is 2. The first-order valence-corrected chi connectivity index (χ1v) is 5.05. The van der Waals surface area contributed by atoms with Crippen molar-refractivity contribution in [2.75, 3.05) is 39.8 Å². The Labute approximate surface area is 94.2 Å². The van der Waals surface area contributed by atoms with Crippen molar-refractivity contribution in [2.24, 2.45) is 0 Å². The topological polar surface area (TPSA) is 58.9 Å². The molecule has 0 saturated carbocycles. The standard InChI is InChI=1S/C10H20F2O4/c1-9(13,5-11)7-15-3-4-16-8-10(2,14)6-12/h13-14H,3-8H2,1-2H3. The van der Waals surface area contributed by atoms with Gasteiger partial charge in [-0.05, 0) is 13.8 Å². The van der Waals surface area contributed by atoms with E-state index in [9.17, 15) is 19.0 Å². The van der Waals surface area contributed by atoms with E-state index in [-0.39, 0.29) is 26.4 Å². The zero-order chi connectivity index (χ0) is 12.7. The van der Waals surface area contributed by atoms with E-state index in [2.05, 4.69) is 0 Å². The third kappa shape index (κ3) is 7.92. The Kier molecular flexibility index (Phi) is 6.98. The van der Waals surface area contributed by atoms with E-state index in [1.807, 2.05) is 0 Å². The Hall–Kier alpha value is -0.300. The van der Waals surface area contributed by atoms with Crippen LogP contribution in [0.4, 0.5) is 8.78 Å². The van der Waals surface area contributed by atoms with Crippen LogP contribution < -0.4 is 0 Å². The largest absolute Gasteiger partial charge is 0.385 e. The minimum Gasteiger partial charge on any atom is -0.385 e. The summed E-state index contributed by atoms with van der Waals surface area (Å²) < 4.78 is 34.1. The molecule has 0 rings (SSSR count). The summed E-state index contributed by atoms with van der Waals surface area (Å²) in [6.45, 7) is 0.911. The number of rotatable bonds is 9. The van der Waals surface area contributed by atoms with E-state index in [1.165, 1.54) is 13.8 Å².